The van der Waals surface area contributed by atoms with Crippen LogP contribution in [-0.2, 0) is 0 Å². The number of nitrogens with one attached hydrogen (secondary N) is 1. The average molecular weight is 241 g/mol. The monoisotopic (exact) mass is 241 g/mol. The van der Waals surface area contributed by atoms with Crippen molar-refractivity contribution >= 4 is 16.7 Å². The summed E-state index contributed by atoms with van der Waals surface area (Å²) in [6.07, 6.45) is 3.68. The highest BCUT2D eigenvalue weighted by atomic mass is 19.2. The minimum atomic E-state index is 0.537. The summed E-state index contributed by atoms with van der Waals surface area (Å²) in [5.74, 6) is 0. The first-order valence-electron chi connectivity index (χ1n) is 5.67. The van der Waals surface area contributed by atoms with E-state index in [0.29, 0.717) is 10.8 Å². The zero-order valence-electron chi connectivity index (χ0n) is 9.89. The highest BCUT2D eigenvalue weighted by Crippen LogP contribution is 2.24. The summed E-state index contributed by atoms with van der Waals surface area (Å²) in [6, 6.07) is 11.3. The Hall–Kier alpha value is -2.36. The zero-order chi connectivity index (χ0) is 12.5. The molecule has 0 radical (unpaired) electrons. The molecule has 90 valence electrons. The molecule has 3 rings (SSSR count). The standard InChI is InChI=1S/C14H12FN3/c1-18(15)13-4-2-10(3-5-13)12-8-11-6-7-16-14(11)17-9-12/h2-9H,1H3,(H,16,17). The van der Waals surface area contributed by atoms with Crippen molar-refractivity contribution in [1.82, 2.24) is 9.97 Å². The van der Waals surface area contributed by atoms with Crippen molar-refractivity contribution in [3.05, 3.63) is 48.8 Å². The molecule has 3 nitrogen and oxygen atoms in total. The van der Waals surface area contributed by atoms with Gasteiger partial charge < -0.3 is 4.98 Å². The third kappa shape index (κ3) is 1.82. The van der Waals surface area contributed by atoms with Gasteiger partial charge in [-0.15, -0.1) is 4.48 Å². The van der Waals surface area contributed by atoms with Crippen molar-refractivity contribution in [2.45, 2.75) is 0 Å². The number of nitrogens with zero attached hydrogens (tertiary/aromatic N) is 2. The summed E-state index contributed by atoms with van der Waals surface area (Å²) in [6.45, 7) is 0. The predicted molar refractivity (Wildman–Crippen MR) is 71.0 cm³/mol. The van der Waals surface area contributed by atoms with E-state index in [9.17, 15) is 4.48 Å². The Morgan fingerprint density at radius 1 is 1.11 bits per heavy atom. The van der Waals surface area contributed by atoms with Gasteiger partial charge in [0.15, 0.2) is 0 Å². The molecule has 18 heavy (non-hydrogen) atoms. The minimum Gasteiger partial charge on any atom is -0.346 e. The molecular weight excluding hydrogens is 229 g/mol. The van der Waals surface area contributed by atoms with E-state index in [1.165, 1.54) is 7.05 Å². The van der Waals surface area contributed by atoms with Crippen LogP contribution in [0.3, 0.4) is 0 Å². The van der Waals surface area contributed by atoms with Gasteiger partial charge in [-0.2, -0.15) is 0 Å². The topological polar surface area (TPSA) is 31.9 Å². The molecule has 0 bridgehead atoms. The number of halogens is 1. The summed E-state index contributed by atoms with van der Waals surface area (Å²) >= 11 is 0. The van der Waals surface area contributed by atoms with Gasteiger partial charge in [0.1, 0.15) is 5.65 Å². The number of aromatic amines is 1. The zero-order valence-corrected chi connectivity index (χ0v) is 9.89. The number of benzene rings is 1. The van der Waals surface area contributed by atoms with E-state index < -0.39 is 0 Å². The van der Waals surface area contributed by atoms with Crippen LogP contribution >= 0.6 is 0 Å². The van der Waals surface area contributed by atoms with E-state index in [-0.39, 0.29) is 0 Å². The van der Waals surface area contributed by atoms with E-state index in [1.807, 2.05) is 30.6 Å². The van der Waals surface area contributed by atoms with Gasteiger partial charge in [-0.05, 0) is 29.8 Å². The quantitative estimate of drug-likeness (QED) is 0.696. The van der Waals surface area contributed by atoms with Crippen LogP contribution in [0.1, 0.15) is 0 Å². The number of pyridine rings is 1. The van der Waals surface area contributed by atoms with Crippen LogP contribution in [-0.4, -0.2) is 17.0 Å². The van der Waals surface area contributed by atoms with Gasteiger partial charge in [0, 0.05) is 30.4 Å². The summed E-state index contributed by atoms with van der Waals surface area (Å²) in [5, 5.41) is 1.66. The van der Waals surface area contributed by atoms with Gasteiger partial charge in [-0.3, -0.25) is 0 Å². The number of rotatable bonds is 2. The first kappa shape index (κ1) is 10.8. The van der Waals surface area contributed by atoms with E-state index in [4.69, 9.17) is 0 Å². The fourth-order valence-electron chi connectivity index (χ4n) is 1.96. The van der Waals surface area contributed by atoms with Crippen LogP contribution in [0.15, 0.2) is 48.8 Å². The van der Waals surface area contributed by atoms with E-state index >= 15 is 0 Å². The molecule has 3 aromatic rings. The lowest BCUT2D eigenvalue weighted by Gasteiger charge is -2.08. The maximum absolute atomic E-state index is 13.0. The molecule has 0 aliphatic rings. The Morgan fingerprint density at radius 3 is 2.61 bits per heavy atom. The Morgan fingerprint density at radius 2 is 1.89 bits per heavy atom. The maximum atomic E-state index is 13.0. The second kappa shape index (κ2) is 4.14. The number of fused-ring (bicyclic) bond motifs is 1. The van der Waals surface area contributed by atoms with Gasteiger partial charge in [0.25, 0.3) is 0 Å². The Balaban J connectivity index is 2.02. The molecule has 0 atom stereocenters. The molecule has 1 aromatic carbocycles. The fraction of sp³-hybridized carbons (Fsp3) is 0.0714. The van der Waals surface area contributed by atoms with Crippen LogP contribution in [0, 0.1) is 0 Å². The first-order chi connectivity index (χ1) is 8.74. The molecule has 0 fully saturated rings. The van der Waals surface area contributed by atoms with Crippen molar-refractivity contribution in [3.63, 3.8) is 0 Å². The van der Waals surface area contributed by atoms with Crippen LogP contribution in [0.25, 0.3) is 22.2 Å². The van der Waals surface area contributed by atoms with Crippen LogP contribution < -0.4 is 5.12 Å². The van der Waals surface area contributed by atoms with Gasteiger partial charge in [-0.25, -0.2) is 10.1 Å². The molecule has 0 aliphatic carbocycles. The van der Waals surface area contributed by atoms with Crippen molar-refractivity contribution in [2.24, 2.45) is 0 Å². The van der Waals surface area contributed by atoms with E-state index in [2.05, 4.69) is 16.0 Å². The molecule has 0 saturated carbocycles. The van der Waals surface area contributed by atoms with Crippen molar-refractivity contribution in [2.75, 3.05) is 12.2 Å². The highest BCUT2D eigenvalue weighted by molar-refractivity contribution is 5.81. The second-order valence-electron chi connectivity index (χ2n) is 4.16. The third-order valence-electron chi connectivity index (χ3n) is 2.96. The normalized spacial score (nSPS) is 10.8. The van der Waals surface area contributed by atoms with Gasteiger partial charge >= 0.3 is 0 Å². The third-order valence-corrected chi connectivity index (χ3v) is 2.96. The molecule has 1 N–H and O–H groups in total. The molecule has 0 saturated heterocycles. The number of H-pyrrole nitrogens is 1. The Labute approximate surface area is 104 Å². The Kier molecular flexibility index (Phi) is 2.48. The van der Waals surface area contributed by atoms with E-state index in [0.717, 1.165) is 22.2 Å². The molecule has 2 heterocycles. The van der Waals surface area contributed by atoms with Gasteiger partial charge in [0.2, 0.25) is 0 Å². The fourth-order valence-corrected chi connectivity index (χ4v) is 1.96. The Bertz CT molecular complexity index is 671. The predicted octanol–water partition coefficient (Wildman–Crippen LogP) is 3.55. The van der Waals surface area contributed by atoms with Crippen LogP contribution in [0.4, 0.5) is 10.2 Å². The molecule has 0 unspecified atom stereocenters. The molecule has 0 aliphatic heterocycles. The number of hydrogen-bond acceptors (Lipinski definition) is 2. The molecular formula is C14H12FN3. The highest BCUT2D eigenvalue weighted by Gasteiger charge is 2.03. The minimum absolute atomic E-state index is 0.537. The molecule has 2 aromatic heterocycles. The van der Waals surface area contributed by atoms with Crippen molar-refractivity contribution < 1.29 is 4.48 Å². The largest absolute Gasteiger partial charge is 0.346 e. The number of hydrogen-bond donors (Lipinski definition) is 1. The second-order valence-corrected chi connectivity index (χ2v) is 4.16. The summed E-state index contributed by atoms with van der Waals surface area (Å²) < 4.78 is 13.0. The van der Waals surface area contributed by atoms with Crippen LogP contribution in [0.5, 0.6) is 0 Å². The molecule has 0 spiro atoms. The lowest BCUT2D eigenvalue weighted by atomic mass is 10.1. The number of aromatic nitrogens is 2. The van der Waals surface area contributed by atoms with Crippen LogP contribution in [0.2, 0.25) is 0 Å². The van der Waals surface area contributed by atoms with E-state index in [1.54, 1.807) is 12.1 Å². The summed E-state index contributed by atoms with van der Waals surface area (Å²) in [5.41, 5.74) is 3.46. The molecule has 4 heteroatoms. The maximum Gasteiger partial charge on any atom is 0.137 e. The van der Waals surface area contributed by atoms with Gasteiger partial charge in [0.05, 0.1) is 5.69 Å². The summed E-state index contributed by atoms with van der Waals surface area (Å²) in [7, 11) is 1.38. The molecule has 0 amide bonds. The summed E-state index contributed by atoms with van der Waals surface area (Å²) in [4.78, 5) is 7.39. The van der Waals surface area contributed by atoms with Crippen molar-refractivity contribution in [1.29, 1.82) is 0 Å². The lowest BCUT2D eigenvalue weighted by Crippen LogP contribution is -2.01. The first-order valence-corrected chi connectivity index (χ1v) is 5.67. The van der Waals surface area contributed by atoms with Gasteiger partial charge in [-0.1, -0.05) is 12.1 Å². The number of anilines is 1. The van der Waals surface area contributed by atoms with Crippen molar-refractivity contribution in [3.8, 4) is 11.1 Å². The SMILES string of the molecule is CN(F)c1ccc(-c2cnc3[nH]ccc3c2)cc1. The smallest absolute Gasteiger partial charge is 0.137 e. The lowest BCUT2D eigenvalue weighted by molar-refractivity contribution is 0.476. The average Bonchev–Trinajstić information content (AvgIpc) is 2.86.